The van der Waals surface area contributed by atoms with Gasteiger partial charge in [0.25, 0.3) is 0 Å². The van der Waals surface area contributed by atoms with Crippen LogP contribution in [0.1, 0.15) is 32.0 Å². The molecule has 2 aliphatic heterocycles. The molecule has 3 heterocycles. The van der Waals surface area contributed by atoms with Crippen molar-refractivity contribution in [2.75, 3.05) is 39.3 Å². The molecule has 20 heavy (non-hydrogen) atoms. The van der Waals surface area contributed by atoms with Gasteiger partial charge in [0.15, 0.2) is 0 Å². The molecular formula is C15H27N5. The van der Waals surface area contributed by atoms with E-state index in [-0.39, 0.29) is 0 Å². The molecule has 0 saturated carbocycles. The normalized spacial score (nSPS) is 23.7. The van der Waals surface area contributed by atoms with Crippen LogP contribution in [0.15, 0.2) is 12.3 Å². The molecule has 0 spiro atoms. The number of nitrogens with one attached hydrogen (secondary N) is 1. The second-order valence-electron chi connectivity index (χ2n) is 6.18. The van der Waals surface area contributed by atoms with Crippen LogP contribution in [-0.2, 0) is 6.54 Å². The third kappa shape index (κ3) is 3.05. The third-order valence-electron chi connectivity index (χ3n) is 4.70. The summed E-state index contributed by atoms with van der Waals surface area (Å²) in [4.78, 5) is 5.14. The van der Waals surface area contributed by atoms with Crippen molar-refractivity contribution >= 4 is 0 Å². The fourth-order valence-electron chi connectivity index (χ4n) is 3.07. The fraction of sp³-hybridized carbons (Fsp3) is 0.800. The average Bonchev–Trinajstić information content (AvgIpc) is 2.91. The van der Waals surface area contributed by atoms with Crippen molar-refractivity contribution in [3.05, 3.63) is 18.0 Å². The van der Waals surface area contributed by atoms with Gasteiger partial charge in [0, 0.05) is 64.1 Å². The van der Waals surface area contributed by atoms with Crippen molar-refractivity contribution in [2.24, 2.45) is 0 Å². The minimum atomic E-state index is 0.508. The lowest BCUT2D eigenvalue weighted by molar-refractivity contribution is 0.0214. The maximum absolute atomic E-state index is 4.69. The molecule has 2 aliphatic rings. The van der Waals surface area contributed by atoms with Gasteiger partial charge in [-0.25, -0.2) is 0 Å². The minimum Gasteiger partial charge on any atom is -0.314 e. The van der Waals surface area contributed by atoms with Gasteiger partial charge in [0.1, 0.15) is 0 Å². The van der Waals surface area contributed by atoms with E-state index in [1.54, 1.807) is 0 Å². The van der Waals surface area contributed by atoms with Crippen molar-refractivity contribution in [1.82, 2.24) is 24.9 Å². The van der Waals surface area contributed by atoms with E-state index in [1.807, 2.05) is 0 Å². The predicted octanol–water partition coefficient (Wildman–Crippen LogP) is 0.944. The Kier molecular flexibility index (Phi) is 4.38. The highest BCUT2D eigenvalue weighted by molar-refractivity contribution is 5.02. The van der Waals surface area contributed by atoms with E-state index in [0.29, 0.717) is 6.04 Å². The van der Waals surface area contributed by atoms with Crippen LogP contribution in [0.4, 0.5) is 0 Å². The van der Waals surface area contributed by atoms with Crippen molar-refractivity contribution in [1.29, 1.82) is 0 Å². The standard InChI is InChI=1S/C15H27N5/c1-3-13(2)20-7-4-14(17-20)10-18-11-15(12-18)19-8-5-16-6-9-19/h4,7,13,15-16H,3,5-6,8-12H2,1-2H3. The Hall–Kier alpha value is -0.910. The number of hydrogen-bond donors (Lipinski definition) is 1. The fourth-order valence-corrected chi connectivity index (χ4v) is 3.07. The van der Waals surface area contributed by atoms with Crippen LogP contribution in [0, 0.1) is 0 Å². The average molecular weight is 277 g/mol. The van der Waals surface area contributed by atoms with Crippen LogP contribution in [0.2, 0.25) is 0 Å². The second kappa shape index (κ2) is 6.24. The largest absolute Gasteiger partial charge is 0.314 e. The van der Waals surface area contributed by atoms with Crippen molar-refractivity contribution in [3.8, 4) is 0 Å². The lowest BCUT2D eigenvalue weighted by atomic mass is 10.1. The summed E-state index contributed by atoms with van der Waals surface area (Å²) in [7, 11) is 0. The summed E-state index contributed by atoms with van der Waals surface area (Å²) in [5, 5.41) is 8.11. The molecule has 2 saturated heterocycles. The lowest BCUT2D eigenvalue weighted by Gasteiger charge is -2.46. The Morgan fingerprint density at radius 3 is 2.80 bits per heavy atom. The second-order valence-corrected chi connectivity index (χ2v) is 6.18. The smallest absolute Gasteiger partial charge is 0.0764 e. The van der Waals surface area contributed by atoms with Gasteiger partial charge in [0.05, 0.1) is 5.69 Å². The van der Waals surface area contributed by atoms with Gasteiger partial charge in [0.2, 0.25) is 0 Å². The van der Waals surface area contributed by atoms with E-state index in [9.17, 15) is 0 Å². The lowest BCUT2D eigenvalue weighted by Crippen LogP contribution is -2.62. The van der Waals surface area contributed by atoms with E-state index in [2.05, 4.69) is 45.9 Å². The first-order valence-electron chi connectivity index (χ1n) is 7.97. The number of piperazine rings is 1. The first kappa shape index (κ1) is 14.0. The van der Waals surface area contributed by atoms with Gasteiger partial charge in [-0.05, 0) is 19.4 Å². The summed E-state index contributed by atoms with van der Waals surface area (Å²) in [5.74, 6) is 0. The zero-order chi connectivity index (χ0) is 13.9. The van der Waals surface area contributed by atoms with Gasteiger partial charge < -0.3 is 5.32 Å². The van der Waals surface area contributed by atoms with Crippen LogP contribution in [0.5, 0.6) is 0 Å². The molecule has 112 valence electrons. The number of aromatic nitrogens is 2. The van der Waals surface area contributed by atoms with Crippen LogP contribution >= 0.6 is 0 Å². The summed E-state index contributed by atoms with van der Waals surface area (Å²) in [6.45, 7) is 12.6. The summed E-state index contributed by atoms with van der Waals surface area (Å²) >= 11 is 0. The maximum Gasteiger partial charge on any atom is 0.0764 e. The molecule has 5 nitrogen and oxygen atoms in total. The summed E-state index contributed by atoms with van der Waals surface area (Å²) in [6.07, 6.45) is 3.26. The number of nitrogens with zero attached hydrogens (tertiary/aromatic N) is 4. The topological polar surface area (TPSA) is 36.3 Å². The van der Waals surface area contributed by atoms with E-state index < -0.39 is 0 Å². The van der Waals surface area contributed by atoms with Gasteiger partial charge in [-0.1, -0.05) is 6.92 Å². The summed E-state index contributed by atoms with van der Waals surface area (Å²) < 4.78 is 2.10. The monoisotopic (exact) mass is 277 g/mol. The predicted molar refractivity (Wildman–Crippen MR) is 80.7 cm³/mol. The highest BCUT2D eigenvalue weighted by Gasteiger charge is 2.32. The molecule has 5 heteroatoms. The number of likely N-dealkylation sites (tertiary alicyclic amines) is 1. The Labute approximate surface area is 121 Å². The van der Waals surface area contributed by atoms with Crippen LogP contribution in [0.3, 0.4) is 0 Å². The molecule has 2 fully saturated rings. The van der Waals surface area contributed by atoms with Gasteiger partial charge in [-0.3, -0.25) is 14.5 Å². The molecule has 1 unspecified atom stereocenters. The van der Waals surface area contributed by atoms with Gasteiger partial charge in [-0.2, -0.15) is 5.10 Å². The highest BCUT2D eigenvalue weighted by atomic mass is 15.3. The highest BCUT2D eigenvalue weighted by Crippen LogP contribution is 2.18. The number of rotatable bonds is 5. The zero-order valence-electron chi connectivity index (χ0n) is 12.8. The molecule has 0 amide bonds. The quantitative estimate of drug-likeness (QED) is 0.869. The third-order valence-corrected chi connectivity index (χ3v) is 4.70. The van der Waals surface area contributed by atoms with Gasteiger partial charge >= 0.3 is 0 Å². The van der Waals surface area contributed by atoms with Gasteiger partial charge in [-0.15, -0.1) is 0 Å². The molecule has 1 N–H and O–H groups in total. The van der Waals surface area contributed by atoms with Crippen molar-refractivity contribution < 1.29 is 0 Å². The Morgan fingerprint density at radius 1 is 1.35 bits per heavy atom. The molecule has 1 atom stereocenters. The number of hydrogen-bond acceptors (Lipinski definition) is 4. The Balaban J connectivity index is 1.45. The molecule has 1 aromatic heterocycles. The van der Waals surface area contributed by atoms with Crippen LogP contribution < -0.4 is 5.32 Å². The molecule has 0 aliphatic carbocycles. The minimum absolute atomic E-state index is 0.508. The van der Waals surface area contributed by atoms with Crippen molar-refractivity contribution in [2.45, 2.75) is 38.9 Å². The SMILES string of the molecule is CCC(C)n1ccc(CN2CC(N3CCNCC3)C2)n1. The molecule has 0 radical (unpaired) electrons. The summed E-state index contributed by atoms with van der Waals surface area (Å²) in [6, 6.07) is 3.45. The van der Waals surface area contributed by atoms with E-state index >= 15 is 0 Å². The Morgan fingerprint density at radius 2 is 2.10 bits per heavy atom. The Bertz CT molecular complexity index is 418. The van der Waals surface area contributed by atoms with E-state index in [0.717, 1.165) is 32.1 Å². The van der Waals surface area contributed by atoms with E-state index in [1.165, 1.54) is 31.9 Å². The molecular weight excluding hydrogens is 250 g/mol. The first-order chi connectivity index (χ1) is 9.76. The molecule has 0 bridgehead atoms. The van der Waals surface area contributed by atoms with Crippen LogP contribution in [-0.4, -0.2) is 64.9 Å². The van der Waals surface area contributed by atoms with E-state index in [4.69, 9.17) is 5.10 Å². The molecule has 0 aromatic carbocycles. The molecule has 3 rings (SSSR count). The molecule has 1 aromatic rings. The van der Waals surface area contributed by atoms with Crippen LogP contribution in [0.25, 0.3) is 0 Å². The first-order valence-corrected chi connectivity index (χ1v) is 7.97. The maximum atomic E-state index is 4.69. The summed E-state index contributed by atoms with van der Waals surface area (Å²) in [5.41, 5.74) is 1.21. The zero-order valence-corrected chi connectivity index (χ0v) is 12.8. The van der Waals surface area contributed by atoms with Crippen molar-refractivity contribution in [3.63, 3.8) is 0 Å².